The summed E-state index contributed by atoms with van der Waals surface area (Å²) in [6.45, 7) is 0. The molecule has 4 aromatic carbocycles. The van der Waals surface area contributed by atoms with Crippen molar-refractivity contribution < 1.29 is 0 Å². The van der Waals surface area contributed by atoms with Crippen molar-refractivity contribution in [3.63, 3.8) is 0 Å². The van der Waals surface area contributed by atoms with E-state index in [1.54, 1.807) is 0 Å². The zero-order valence-electron chi connectivity index (χ0n) is 19.2. The molecule has 2 heterocycles. The Morgan fingerprint density at radius 3 is 1.03 bits per heavy atom. The van der Waals surface area contributed by atoms with E-state index in [4.69, 9.17) is 0 Å². The third-order valence-corrected chi connectivity index (χ3v) is 6.22. The summed E-state index contributed by atoms with van der Waals surface area (Å²) in [6, 6.07) is 46.3. The summed E-state index contributed by atoms with van der Waals surface area (Å²) in [4.78, 5) is 7.28. The highest BCUT2D eigenvalue weighted by Crippen LogP contribution is 2.39. The maximum Gasteiger partial charge on any atom is 0.117 e. The van der Waals surface area contributed by atoms with E-state index in [1.807, 2.05) is 24.3 Å². The minimum Gasteiger partial charge on any atom is -0.341 e. The van der Waals surface area contributed by atoms with Crippen LogP contribution in [0.15, 0.2) is 133 Å². The lowest BCUT2D eigenvalue weighted by molar-refractivity contribution is 1.32. The van der Waals surface area contributed by atoms with Gasteiger partial charge in [0.1, 0.15) is 11.6 Å². The molecule has 168 valence electrons. The average molecular weight is 452 g/mol. The summed E-state index contributed by atoms with van der Waals surface area (Å²) < 4.78 is 0. The van der Waals surface area contributed by atoms with Crippen molar-refractivity contribution in [3.05, 3.63) is 133 Å². The number of hydrogen-bond donors (Lipinski definition) is 3. The fourth-order valence-electron chi connectivity index (χ4n) is 4.47. The van der Waals surface area contributed by atoms with E-state index in [0.29, 0.717) is 0 Å². The molecule has 0 amide bonds. The van der Waals surface area contributed by atoms with Crippen molar-refractivity contribution in [1.29, 1.82) is 0 Å². The summed E-state index contributed by atoms with van der Waals surface area (Å²) in [6.07, 6.45) is 0. The Bertz CT molecular complexity index is 1410. The second kappa shape index (κ2) is 9.24. The van der Waals surface area contributed by atoms with Gasteiger partial charge in [-0.1, -0.05) is 121 Å². The highest BCUT2D eigenvalue weighted by Gasteiger charge is 2.16. The number of rotatable bonds is 6. The molecule has 3 nitrogen and oxygen atoms in total. The lowest BCUT2D eigenvalue weighted by atomic mass is 10.1. The summed E-state index contributed by atoms with van der Waals surface area (Å²) in [5, 5.41) is 3.71. The van der Waals surface area contributed by atoms with Crippen LogP contribution in [0.4, 0.5) is 11.6 Å². The first-order chi connectivity index (χ1) is 17.3. The SMILES string of the molecule is c1ccc(-c2cc(-c3ccccc3)c(Nc3[nH]c(-c4ccccc4)cc3-c3ccccc3)[nH]2)cc1. The molecule has 0 unspecified atom stereocenters. The quantitative estimate of drug-likeness (QED) is 0.233. The molecule has 0 aliphatic rings. The highest BCUT2D eigenvalue weighted by atomic mass is 15.1. The first-order valence-electron chi connectivity index (χ1n) is 11.8. The van der Waals surface area contributed by atoms with Crippen LogP contribution >= 0.6 is 0 Å². The van der Waals surface area contributed by atoms with Gasteiger partial charge in [0.05, 0.1) is 0 Å². The average Bonchev–Trinajstić information content (AvgIpc) is 3.56. The predicted octanol–water partition coefficient (Wildman–Crippen LogP) is 8.75. The van der Waals surface area contributed by atoms with E-state index >= 15 is 0 Å². The van der Waals surface area contributed by atoms with Crippen LogP contribution in [-0.2, 0) is 0 Å². The summed E-state index contributed by atoms with van der Waals surface area (Å²) in [5.74, 6) is 1.90. The van der Waals surface area contributed by atoms with Crippen molar-refractivity contribution >= 4 is 11.6 Å². The van der Waals surface area contributed by atoms with E-state index in [0.717, 1.165) is 56.4 Å². The molecule has 2 aromatic heterocycles. The van der Waals surface area contributed by atoms with E-state index in [-0.39, 0.29) is 0 Å². The second-order valence-corrected chi connectivity index (χ2v) is 8.53. The fourth-order valence-corrected chi connectivity index (χ4v) is 4.47. The van der Waals surface area contributed by atoms with Crippen LogP contribution in [0.1, 0.15) is 0 Å². The maximum absolute atomic E-state index is 3.71. The van der Waals surface area contributed by atoms with Gasteiger partial charge in [-0.2, -0.15) is 0 Å². The largest absolute Gasteiger partial charge is 0.341 e. The van der Waals surface area contributed by atoms with Crippen LogP contribution in [0.3, 0.4) is 0 Å². The monoisotopic (exact) mass is 451 g/mol. The third-order valence-electron chi connectivity index (χ3n) is 6.22. The topological polar surface area (TPSA) is 43.6 Å². The number of hydrogen-bond acceptors (Lipinski definition) is 1. The Morgan fingerprint density at radius 1 is 0.371 bits per heavy atom. The third kappa shape index (κ3) is 4.28. The molecule has 6 aromatic rings. The number of nitrogens with one attached hydrogen (secondary N) is 3. The Morgan fingerprint density at radius 2 is 0.686 bits per heavy atom. The fraction of sp³-hybridized carbons (Fsp3) is 0. The van der Waals surface area contributed by atoms with Crippen LogP contribution in [0, 0.1) is 0 Å². The molecule has 0 saturated carbocycles. The second-order valence-electron chi connectivity index (χ2n) is 8.53. The molecule has 6 rings (SSSR count). The van der Waals surface area contributed by atoms with Gasteiger partial charge in [0.25, 0.3) is 0 Å². The zero-order valence-corrected chi connectivity index (χ0v) is 19.2. The molecule has 3 N–H and O–H groups in total. The van der Waals surface area contributed by atoms with Crippen molar-refractivity contribution in [2.24, 2.45) is 0 Å². The minimum absolute atomic E-state index is 0.952. The molecule has 0 bridgehead atoms. The Kier molecular flexibility index (Phi) is 5.50. The standard InChI is InChI=1S/C32H25N3/c1-5-13-23(14-6-1)27-21-29(25-17-9-3-10-18-25)33-31(27)35-32-28(24-15-7-2-8-16-24)22-30(34-32)26-19-11-4-12-20-26/h1-22,33-35H. The Hall–Kier alpha value is -4.76. The lowest BCUT2D eigenvalue weighted by Crippen LogP contribution is -1.95. The van der Waals surface area contributed by atoms with Crippen LogP contribution in [0.5, 0.6) is 0 Å². The van der Waals surface area contributed by atoms with Crippen LogP contribution < -0.4 is 5.32 Å². The van der Waals surface area contributed by atoms with Crippen LogP contribution in [0.25, 0.3) is 44.8 Å². The molecular formula is C32H25N3. The van der Waals surface area contributed by atoms with Gasteiger partial charge in [0.15, 0.2) is 0 Å². The molecule has 35 heavy (non-hydrogen) atoms. The van der Waals surface area contributed by atoms with E-state index in [1.165, 1.54) is 0 Å². The molecule has 0 spiro atoms. The number of aromatic nitrogens is 2. The van der Waals surface area contributed by atoms with E-state index in [2.05, 4.69) is 124 Å². The van der Waals surface area contributed by atoms with Gasteiger partial charge in [0.2, 0.25) is 0 Å². The lowest BCUT2D eigenvalue weighted by Gasteiger charge is -2.09. The summed E-state index contributed by atoms with van der Waals surface area (Å²) in [5.41, 5.74) is 9.01. The summed E-state index contributed by atoms with van der Waals surface area (Å²) >= 11 is 0. The molecule has 0 aliphatic carbocycles. The summed E-state index contributed by atoms with van der Waals surface area (Å²) in [7, 11) is 0. The van der Waals surface area contributed by atoms with E-state index < -0.39 is 0 Å². The molecular weight excluding hydrogens is 426 g/mol. The van der Waals surface area contributed by atoms with E-state index in [9.17, 15) is 0 Å². The first-order valence-corrected chi connectivity index (χ1v) is 11.8. The van der Waals surface area contributed by atoms with Gasteiger partial charge >= 0.3 is 0 Å². The van der Waals surface area contributed by atoms with Crippen molar-refractivity contribution in [2.45, 2.75) is 0 Å². The first kappa shape index (κ1) is 20.8. The Balaban J connectivity index is 1.48. The number of H-pyrrole nitrogens is 2. The molecule has 0 radical (unpaired) electrons. The molecule has 0 fully saturated rings. The van der Waals surface area contributed by atoms with Crippen molar-refractivity contribution in [3.8, 4) is 44.8 Å². The van der Waals surface area contributed by atoms with Gasteiger partial charge in [-0.05, 0) is 34.4 Å². The highest BCUT2D eigenvalue weighted by molar-refractivity contribution is 5.89. The van der Waals surface area contributed by atoms with Crippen LogP contribution in [0.2, 0.25) is 0 Å². The molecule has 3 heteroatoms. The number of anilines is 2. The molecule has 0 atom stereocenters. The predicted molar refractivity (Wildman–Crippen MR) is 147 cm³/mol. The maximum atomic E-state index is 3.71. The number of benzene rings is 4. The van der Waals surface area contributed by atoms with Gasteiger partial charge < -0.3 is 15.3 Å². The van der Waals surface area contributed by atoms with Gasteiger partial charge in [-0.25, -0.2) is 0 Å². The minimum atomic E-state index is 0.952. The van der Waals surface area contributed by atoms with Crippen LogP contribution in [-0.4, -0.2) is 9.97 Å². The normalized spacial score (nSPS) is 10.9. The van der Waals surface area contributed by atoms with Gasteiger partial charge in [-0.15, -0.1) is 0 Å². The molecule has 0 saturated heterocycles. The smallest absolute Gasteiger partial charge is 0.117 e. The molecule has 0 aliphatic heterocycles. The van der Waals surface area contributed by atoms with Crippen molar-refractivity contribution in [2.75, 3.05) is 5.32 Å². The van der Waals surface area contributed by atoms with Gasteiger partial charge in [0, 0.05) is 22.5 Å². The zero-order chi connectivity index (χ0) is 23.5. The number of aromatic amines is 2. The van der Waals surface area contributed by atoms with Gasteiger partial charge in [-0.3, -0.25) is 0 Å². The van der Waals surface area contributed by atoms with Crippen molar-refractivity contribution in [1.82, 2.24) is 9.97 Å². The Labute approximate surface area is 205 Å².